The van der Waals surface area contributed by atoms with Gasteiger partial charge in [-0.3, -0.25) is 0 Å². The Kier molecular flexibility index (Phi) is 5.03. The van der Waals surface area contributed by atoms with Crippen LogP contribution in [0.2, 0.25) is 0 Å². The summed E-state index contributed by atoms with van der Waals surface area (Å²) in [6, 6.07) is 0. The highest BCUT2D eigenvalue weighted by molar-refractivity contribution is 7.91. The minimum atomic E-state index is -2.96. The van der Waals surface area contributed by atoms with Crippen LogP contribution in [0.5, 0.6) is 0 Å². The fourth-order valence-corrected chi connectivity index (χ4v) is 2.47. The maximum absolute atomic E-state index is 11.2. The molecule has 0 saturated carbocycles. The van der Waals surface area contributed by atoms with Crippen LogP contribution < -0.4 is 5.32 Å². The van der Waals surface area contributed by atoms with E-state index < -0.39 is 15.8 Å². The Balaban J connectivity index is 2.34. The second-order valence-electron chi connectivity index (χ2n) is 3.36. The fourth-order valence-electron chi connectivity index (χ4n) is 1.07. The minimum Gasteiger partial charge on any atom is -0.476 e. The Morgan fingerprint density at radius 3 is 2.82 bits per heavy atom. The zero-order chi connectivity index (χ0) is 12.9. The first kappa shape index (κ1) is 14.1. The molecule has 0 fully saturated rings. The molecule has 96 valence electrons. The van der Waals surface area contributed by atoms with Gasteiger partial charge in [-0.15, -0.1) is 11.3 Å². The van der Waals surface area contributed by atoms with Crippen LogP contribution in [0.25, 0.3) is 0 Å². The Hall–Kier alpha value is -0.990. The summed E-state index contributed by atoms with van der Waals surface area (Å²) in [7, 11) is -2.96. The SMILES string of the molecule is CCS(=O)(=O)CCNCc1csc(C(=O)O)n1. The molecule has 0 radical (unpaired) electrons. The lowest BCUT2D eigenvalue weighted by Gasteiger charge is -2.02. The number of hydrogen-bond donors (Lipinski definition) is 2. The lowest BCUT2D eigenvalue weighted by Crippen LogP contribution is -2.23. The highest BCUT2D eigenvalue weighted by Gasteiger charge is 2.09. The summed E-state index contributed by atoms with van der Waals surface area (Å²) in [4.78, 5) is 14.4. The maximum Gasteiger partial charge on any atom is 0.365 e. The van der Waals surface area contributed by atoms with Crippen LogP contribution in [0.4, 0.5) is 0 Å². The first-order valence-electron chi connectivity index (χ1n) is 5.03. The van der Waals surface area contributed by atoms with Gasteiger partial charge in [-0.1, -0.05) is 6.92 Å². The molecule has 8 heteroatoms. The van der Waals surface area contributed by atoms with E-state index in [-0.39, 0.29) is 16.5 Å². The van der Waals surface area contributed by atoms with Gasteiger partial charge in [0, 0.05) is 24.2 Å². The molecule has 0 aliphatic carbocycles. The zero-order valence-corrected chi connectivity index (χ0v) is 11.0. The van der Waals surface area contributed by atoms with Crippen molar-refractivity contribution in [2.24, 2.45) is 0 Å². The van der Waals surface area contributed by atoms with Crippen molar-refractivity contribution in [3.63, 3.8) is 0 Å². The van der Waals surface area contributed by atoms with Crippen molar-refractivity contribution >= 4 is 27.1 Å². The van der Waals surface area contributed by atoms with E-state index in [0.29, 0.717) is 18.8 Å². The number of thiazole rings is 1. The molecule has 1 heterocycles. The van der Waals surface area contributed by atoms with Crippen LogP contribution in [-0.4, -0.2) is 42.5 Å². The first-order chi connectivity index (χ1) is 7.94. The smallest absolute Gasteiger partial charge is 0.365 e. The zero-order valence-electron chi connectivity index (χ0n) is 9.34. The van der Waals surface area contributed by atoms with E-state index in [0.717, 1.165) is 11.3 Å². The second-order valence-corrected chi connectivity index (χ2v) is 6.69. The normalized spacial score (nSPS) is 11.6. The van der Waals surface area contributed by atoms with Gasteiger partial charge in [0.05, 0.1) is 11.4 Å². The van der Waals surface area contributed by atoms with Crippen molar-refractivity contribution in [2.45, 2.75) is 13.5 Å². The van der Waals surface area contributed by atoms with Gasteiger partial charge in [0.25, 0.3) is 0 Å². The van der Waals surface area contributed by atoms with Crippen molar-refractivity contribution in [2.75, 3.05) is 18.1 Å². The average molecular weight is 278 g/mol. The van der Waals surface area contributed by atoms with Crippen molar-refractivity contribution < 1.29 is 18.3 Å². The number of nitrogens with zero attached hydrogens (tertiary/aromatic N) is 1. The van der Waals surface area contributed by atoms with E-state index in [4.69, 9.17) is 5.11 Å². The van der Waals surface area contributed by atoms with Gasteiger partial charge in [-0.2, -0.15) is 0 Å². The van der Waals surface area contributed by atoms with Crippen LogP contribution in [0.1, 0.15) is 22.4 Å². The summed E-state index contributed by atoms with van der Waals surface area (Å²) in [5, 5.41) is 13.3. The van der Waals surface area contributed by atoms with E-state index in [1.54, 1.807) is 12.3 Å². The molecule has 0 amide bonds. The molecule has 0 saturated heterocycles. The third-order valence-corrected chi connectivity index (χ3v) is 4.66. The molecule has 2 N–H and O–H groups in total. The van der Waals surface area contributed by atoms with Gasteiger partial charge in [0.2, 0.25) is 5.01 Å². The number of rotatable bonds is 7. The summed E-state index contributed by atoms with van der Waals surface area (Å²) in [6.07, 6.45) is 0. The molecule has 1 aromatic heterocycles. The highest BCUT2D eigenvalue weighted by atomic mass is 32.2. The van der Waals surface area contributed by atoms with Crippen molar-refractivity contribution in [1.29, 1.82) is 0 Å². The third-order valence-electron chi connectivity index (χ3n) is 2.07. The molecule has 0 aromatic carbocycles. The molecular formula is C9H14N2O4S2. The summed E-state index contributed by atoms with van der Waals surface area (Å²) in [6.45, 7) is 2.33. The maximum atomic E-state index is 11.2. The van der Waals surface area contributed by atoms with E-state index in [9.17, 15) is 13.2 Å². The minimum absolute atomic E-state index is 0.0444. The molecule has 6 nitrogen and oxygen atoms in total. The molecular weight excluding hydrogens is 264 g/mol. The molecule has 0 spiro atoms. The van der Waals surface area contributed by atoms with Gasteiger partial charge >= 0.3 is 5.97 Å². The Labute approximate surface area is 104 Å². The lowest BCUT2D eigenvalue weighted by molar-refractivity contribution is 0.0696. The van der Waals surface area contributed by atoms with Crippen LogP contribution >= 0.6 is 11.3 Å². The predicted octanol–water partition coefficient (Wildman–Crippen LogP) is 0.366. The Morgan fingerprint density at radius 1 is 1.59 bits per heavy atom. The van der Waals surface area contributed by atoms with Crippen molar-refractivity contribution in [1.82, 2.24) is 10.3 Å². The molecule has 0 atom stereocenters. The second kappa shape index (κ2) is 6.08. The summed E-state index contributed by atoms with van der Waals surface area (Å²) in [5.41, 5.74) is 0.612. The molecule has 17 heavy (non-hydrogen) atoms. The third kappa shape index (κ3) is 4.80. The van der Waals surface area contributed by atoms with E-state index >= 15 is 0 Å². The quantitative estimate of drug-likeness (QED) is 0.699. The summed E-state index contributed by atoms with van der Waals surface area (Å²) < 4.78 is 22.3. The van der Waals surface area contributed by atoms with Crippen molar-refractivity contribution in [3.8, 4) is 0 Å². The number of carboxylic acid groups (broad SMARTS) is 1. The number of aromatic nitrogens is 1. The fraction of sp³-hybridized carbons (Fsp3) is 0.556. The standard InChI is InChI=1S/C9H14N2O4S2/c1-2-17(14,15)4-3-10-5-7-6-16-8(11-7)9(12)13/h6,10H,2-5H2,1H3,(H,12,13). The van der Waals surface area contributed by atoms with Crippen LogP contribution in [0.15, 0.2) is 5.38 Å². The monoisotopic (exact) mass is 278 g/mol. The predicted molar refractivity (Wildman–Crippen MR) is 65.1 cm³/mol. The lowest BCUT2D eigenvalue weighted by atomic mass is 10.5. The Morgan fingerprint density at radius 2 is 2.29 bits per heavy atom. The highest BCUT2D eigenvalue weighted by Crippen LogP contribution is 2.09. The van der Waals surface area contributed by atoms with E-state index in [1.165, 1.54) is 0 Å². The Bertz CT molecular complexity index is 481. The number of sulfone groups is 1. The van der Waals surface area contributed by atoms with Gasteiger partial charge in [-0.05, 0) is 0 Å². The van der Waals surface area contributed by atoms with Gasteiger partial charge < -0.3 is 10.4 Å². The topological polar surface area (TPSA) is 96.4 Å². The van der Waals surface area contributed by atoms with Crippen LogP contribution in [-0.2, 0) is 16.4 Å². The van der Waals surface area contributed by atoms with Crippen LogP contribution in [0.3, 0.4) is 0 Å². The van der Waals surface area contributed by atoms with E-state index in [2.05, 4.69) is 10.3 Å². The van der Waals surface area contributed by atoms with Crippen LogP contribution in [0, 0.1) is 0 Å². The van der Waals surface area contributed by atoms with E-state index in [1.807, 2.05) is 0 Å². The molecule has 0 bridgehead atoms. The van der Waals surface area contributed by atoms with Gasteiger partial charge in [0.15, 0.2) is 9.84 Å². The number of aromatic carboxylic acids is 1. The largest absolute Gasteiger partial charge is 0.476 e. The summed E-state index contributed by atoms with van der Waals surface area (Å²) >= 11 is 1.06. The molecule has 1 rings (SSSR count). The number of nitrogens with one attached hydrogen (secondary N) is 1. The average Bonchev–Trinajstić information content (AvgIpc) is 2.73. The first-order valence-corrected chi connectivity index (χ1v) is 7.73. The molecule has 0 aliphatic heterocycles. The molecule has 1 aromatic rings. The number of hydrogen-bond acceptors (Lipinski definition) is 6. The van der Waals surface area contributed by atoms with Gasteiger partial charge in [-0.25, -0.2) is 18.2 Å². The van der Waals surface area contributed by atoms with Gasteiger partial charge in [0.1, 0.15) is 0 Å². The van der Waals surface area contributed by atoms with Crippen molar-refractivity contribution in [3.05, 3.63) is 16.1 Å². The molecule has 0 unspecified atom stereocenters. The number of carboxylic acids is 1. The molecule has 0 aliphatic rings. The number of carbonyl (C=O) groups is 1. The summed E-state index contributed by atoms with van der Waals surface area (Å²) in [5.74, 6) is -0.830.